The van der Waals surface area contributed by atoms with Gasteiger partial charge in [-0.3, -0.25) is 0 Å². The first-order valence-corrected chi connectivity index (χ1v) is 9.38. The molecule has 0 bridgehead atoms. The Bertz CT molecular complexity index is 751. The molecule has 3 atom stereocenters. The van der Waals surface area contributed by atoms with Crippen molar-refractivity contribution in [3.8, 4) is 0 Å². The number of hydrogen-bond acceptors (Lipinski definition) is 5. The predicted octanol–water partition coefficient (Wildman–Crippen LogP) is 3.93. The first-order valence-electron chi connectivity index (χ1n) is 9.38. The van der Waals surface area contributed by atoms with Crippen molar-refractivity contribution in [2.24, 2.45) is 0 Å². The molecule has 0 saturated carbocycles. The lowest BCUT2D eigenvalue weighted by atomic mass is 9.76. The fraction of sp³-hybridized carbons (Fsp3) is 0.706. The van der Waals surface area contributed by atoms with Crippen LogP contribution in [0.1, 0.15) is 38.9 Å². The van der Waals surface area contributed by atoms with Crippen LogP contribution < -0.4 is 9.80 Å². The van der Waals surface area contributed by atoms with Gasteiger partial charge in [-0.2, -0.15) is 41.3 Å². The molecule has 1 aromatic rings. The third-order valence-corrected chi connectivity index (χ3v) is 5.41. The minimum atomic E-state index is -4.63. The second-order valence-corrected chi connectivity index (χ2v) is 7.54. The van der Waals surface area contributed by atoms with Crippen LogP contribution in [0.25, 0.3) is 5.57 Å². The monoisotopic (exact) mass is 441 g/mol. The van der Waals surface area contributed by atoms with Crippen molar-refractivity contribution in [3.05, 3.63) is 11.7 Å². The fourth-order valence-corrected chi connectivity index (χ4v) is 2.94. The number of allylic oxidation sites excluding steroid dienone is 2. The van der Waals surface area contributed by atoms with Gasteiger partial charge in [-0.1, -0.05) is 6.42 Å². The number of anilines is 2. The highest BCUT2D eigenvalue weighted by Gasteiger charge is 2.42. The van der Waals surface area contributed by atoms with E-state index in [1.54, 1.807) is 7.85 Å². The quantitative estimate of drug-likeness (QED) is 0.512. The molecule has 0 saturated heterocycles. The van der Waals surface area contributed by atoms with Crippen LogP contribution in [0.3, 0.4) is 0 Å². The van der Waals surface area contributed by atoms with Gasteiger partial charge in [0.05, 0.1) is 0 Å². The van der Waals surface area contributed by atoms with E-state index in [1.165, 1.54) is 0 Å². The van der Waals surface area contributed by atoms with E-state index in [2.05, 4.69) is 15.0 Å². The number of rotatable bonds is 5. The molecule has 168 valence electrons. The van der Waals surface area contributed by atoms with E-state index in [4.69, 9.17) is 0 Å². The minimum Gasteiger partial charge on any atom is -0.332 e. The molecule has 0 N–H and O–H groups in total. The molecule has 0 fully saturated rings. The Morgan fingerprint density at radius 3 is 1.73 bits per heavy atom. The zero-order valence-corrected chi connectivity index (χ0v) is 17.2. The number of alkyl halides is 6. The van der Waals surface area contributed by atoms with Gasteiger partial charge in [0.25, 0.3) is 0 Å². The second-order valence-electron chi connectivity index (χ2n) is 7.54. The topological polar surface area (TPSA) is 45.2 Å². The summed E-state index contributed by atoms with van der Waals surface area (Å²) in [6, 6.07) is -4.04. The van der Waals surface area contributed by atoms with Gasteiger partial charge in [-0.05, 0) is 32.5 Å². The van der Waals surface area contributed by atoms with E-state index in [1.807, 2.05) is 0 Å². The Balaban J connectivity index is 2.61. The Hall–Kier alpha value is -2.08. The van der Waals surface area contributed by atoms with Crippen LogP contribution in [0.5, 0.6) is 0 Å². The Morgan fingerprint density at radius 1 is 0.900 bits per heavy atom. The van der Waals surface area contributed by atoms with E-state index >= 15 is 0 Å². The van der Waals surface area contributed by atoms with E-state index < -0.39 is 48.0 Å². The van der Waals surface area contributed by atoms with Crippen molar-refractivity contribution in [3.63, 3.8) is 0 Å². The molecule has 5 nitrogen and oxygen atoms in total. The smallest absolute Gasteiger partial charge is 0.332 e. The standard InChI is InChI=1S/C17H23BF7N5/c1-8(16(20,21)22)29(3)14-26-13(10-6-5-7-11(18)12(10)19)27-15(28-14)30(4)9(2)17(23,24)25/h8-9,11H,5-7,18H2,1-4H3/t8-,9-,11-/m1/s1. The maximum Gasteiger partial charge on any atom is 0.408 e. The third-order valence-electron chi connectivity index (χ3n) is 5.41. The molecule has 1 aromatic heterocycles. The highest BCUT2D eigenvalue weighted by atomic mass is 19.4. The summed E-state index contributed by atoms with van der Waals surface area (Å²) in [6.07, 6.45) is -7.84. The first-order chi connectivity index (χ1) is 13.6. The molecule has 13 heteroatoms. The molecule has 0 radical (unpaired) electrons. The molecular weight excluding hydrogens is 418 g/mol. The van der Waals surface area contributed by atoms with E-state index in [9.17, 15) is 30.7 Å². The number of halogens is 7. The van der Waals surface area contributed by atoms with Gasteiger partial charge in [0, 0.05) is 19.7 Å². The predicted molar refractivity (Wildman–Crippen MR) is 102 cm³/mol. The van der Waals surface area contributed by atoms with E-state index in [-0.39, 0.29) is 17.8 Å². The summed E-state index contributed by atoms with van der Waals surface area (Å²) in [6.45, 7) is 1.74. The first kappa shape index (κ1) is 24.2. The van der Waals surface area contributed by atoms with Crippen molar-refractivity contribution >= 4 is 25.3 Å². The van der Waals surface area contributed by atoms with Crippen molar-refractivity contribution in [1.29, 1.82) is 0 Å². The number of nitrogens with zero attached hydrogens (tertiary/aromatic N) is 5. The van der Waals surface area contributed by atoms with Gasteiger partial charge >= 0.3 is 12.4 Å². The molecule has 0 amide bonds. The molecule has 0 spiro atoms. The van der Waals surface area contributed by atoms with Crippen LogP contribution in [0, 0.1) is 0 Å². The summed E-state index contributed by atoms with van der Waals surface area (Å²) in [4.78, 5) is 13.2. The van der Waals surface area contributed by atoms with Gasteiger partial charge in [0.15, 0.2) is 5.82 Å². The van der Waals surface area contributed by atoms with Crippen LogP contribution >= 0.6 is 0 Å². The largest absolute Gasteiger partial charge is 0.408 e. The van der Waals surface area contributed by atoms with Crippen LogP contribution in [-0.4, -0.2) is 61.3 Å². The van der Waals surface area contributed by atoms with Crippen molar-refractivity contribution in [2.45, 2.75) is 63.4 Å². The summed E-state index contributed by atoms with van der Waals surface area (Å²) in [5, 5.41) is 0. The molecule has 2 rings (SSSR count). The van der Waals surface area contributed by atoms with Crippen LogP contribution in [0.2, 0.25) is 5.82 Å². The lowest BCUT2D eigenvalue weighted by Gasteiger charge is -2.30. The number of aromatic nitrogens is 3. The molecule has 0 aromatic carbocycles. The molecule has 1 heterocycles. The normalized spacial score (nSPS) is 20.2. The van der Waals surface area contributed by atoms with Crippen LogP contribution in [-0.2, 0) is 0 Å². The minimum absolute atomic E-state index is 0.0831. The number of hydrogen-bond donors (Lipinski definition) is 0. The lowest BCUT2D eigenvalue weighted by Crippen LogP contribution is -2.44. The fourth-order valence-electron chi connectivity index (χ4n) is 2.94. The van der Waals surface area contributed by atoms with Gasteiger partial charge in [0.1, 0.15) is 25.8 Å². The molecule has 30 heavy (non-hydrogen) atoms. The Labute approximate surface area is 170 Å². The second kappa shape index (κ2) is 8.58. The maximum absolute atomic E-state index is 14.7. The van der Waals surface area contributed by atoms with Crippen LogP contribution in [0.15, 0.2) is 5.83 Å². The average Bonchev–Trinajstić information content (AvgIpc) is 2.65. The van der Waals surface area contributed by atoms with Gasteiger partial charge < -0.3 is 9.80 Å². The van der Waals surface area contributed by atoms with E-state index in [0.29, 0.717) is 22.6 Å². The van der Waals surface area contributed by atoms with Crippen LogP contribution in [0.4, 0.5) is 42.6 Å². The van der Waals surface area contributed by atoms with Gasteiger partial charge in [-0.25, -0.2) is 4.39 Å². The van der Waals surface area contributed by atoms with E-state index in [0.717, 1.165) is 27.9 Å². The zero-order valence-electron chi connectivity index (χ0n) is 17.2. The lowest BCUT2D eigenvalue weighted by molar-refractivity contribution is -0.144. The summed E-state index contributed by atoms with van der Waals surface area (Å²) < 4.78 is 93.6. The third kappa shape index (κ3) is 5.15. The SMILES string of the molecule is B[C@@H]1CCCC(c2nc(N(C)[C@H](C)C(F)(F)F)nc(N(C)[C@H](C)C(F)(F)F)n2)=C1F. The van der Waals surface area contributed by atoms with Gasteiger partial charge in [-0.15, -0.1) is 0 Å². The van der Waals surface area contributed by atoms with Crippen molar-refractivity contribution in [2.75, 3.05) is 23.9 Å². The summed E-state index contributed by atoms with van der Waals surface area (Å²) >= 11 is 0. The van der Waals surface area contributed by atoms with Crippen molar-refractivity contribution in [1.82, 2.24) is 15.0 Å². The summed E-state index contributed by atoms with van der Waals surface area (Å²) in [5.74, 6) is -2.17. The average molecular weight is 441 g/mol. The Morgan fingerprint density at radius 2 is 1.33 bits per heavy atom. The summed E-state index contributed by atoms with van der Waals surface area (Å²) in [5.41, 5.74) is 0.0831. The highest BCUT2D eigenvalue weighted by Crippen LogP contribution is 2.38. The molecule has 1 aliphatic carbocycles. The maximum atomic E-state index is 14.7. The van der Waals surface area contributed by atoms with Gasteiger partial charge in [0.2, 0.25) is 11.9 Å². The summed E-state index contributed by atoms with van der Waals surface area (Å²) in [7, 11) is 3.79. The molecule has 0 aliphatic heterocycles. The zero-order chi connectivity index (χ0) is 23.0. The molecular formula is C17H23BF7N5. The molecule has 1 aliphatic rings. The highest BCUT2D eigenvalue weighted by molar-refractivity contribution is 6.14. The molecule has 0 unspecified atom stereocenters. The Kier molecular flexibility index (Phi) is 6.92. The van der Waals surface area contributed by atoms with Crippen molar-refractivity contribution < 1.29 is 30.7 Å².